The van der Waals surface area contributed by atoms with Gasteiger partial charge in [-0.1, -0.05) is 42.1 Å². The molecule has 1 fully saturated rings. The topological polar surface area (TPSA) is 89.5 Å². The summed E-state index contributed by atoms with van der Waals surface area (Å²) in [6.07, 6.45) is 0. The van der Waals surface area contributed by atoms with Crippen LogP contribution in [0, 0.1) is 5.82 Å². The molecule has 32 heavy (non-hydrogen) atoms. The van der Waals surface area contributed by atoms with Crippen molar-refractivity contribution in [3.63, 3.8) is 0 Å². The quantitative estimate of drug-likeness (QED) is 0.410. The molecule has 168 valence electrons. The summed E-state index contributed by atoms with van der Waals surface area (Å²) in [6.45, 7) is 4.38. The largest absolute Gasteiger partial charge is 0.492 e. The molecule has 0 aliphatic carbocycles. The van der Waals surface area contributed by atoms with Crippen LogP contribution in [0.4, 0.5) is 4.39 Å². The molecule has 8 nitrogen and oxygen atoms in total. The van der Waals surface area contributed by atoms with Crippen LogP contribution in [0.15, 0.2) is 59.8 Å². The maximum absolute atomic E-state index is 14.0. The van der Waals surface area contributed by atoms with Gasteiger partial charge < -0.3 is 15.5 Å². The number of hydrogen-bond donors (Lipinski definition) is 1. The highest BCUT2D eigenvalue weighted by molar-refractivity contribution is 7.99. The van der Waals surface area contributed by atoms with E-state index in [2.05, 4.69) is 15.1 Å². The van der Waals surface area contributed by atoms with Gasteiger partial charge in [-0.25, -0.2) is 9.07 Å². The Labute approximate surface area is 190 Å². The molecule has 10 heteroatoms. The van der Waals surface area contributed by atoms with E-state index < -0.39 is 5.82 Å². The molecule has 2 heterocycles. The SMILES string of the molecule is Nn1c(SCC(=O)N2CCN(CCOc3ccccc3)CC2)nnc1-c1ccccc1F. The van der Waals surface area contributed by atoms with E-state index in [9.17, 15) is 9.18 Å². The van der Waals surface area contributed by atoms with Crippen LogP contribution in [-0.4, -0.2) is 75.7 Å². The first-order valence-electron chi connectivity index (χ1n) is 10.4. The average molecular weight is 457 g/mol. The van der Waals surface area contributed by atoms with Crippen molar-refractivity contribution in [2.75, 3.05) is 50.9 Å². The van der Waals surface area contributed by atoms with Gasteiger partial charge in [0, 0.05) is 32.7 Å². The minimum atomic E-state index is -0.425. The summed E-state index contributed by atoms with van der Waals surface area (Å²) in [7, 11) is 0. The fourth-order valence-electron chi connectivity index (χ4n) is 3.45. The summed E-state index contributed by atoms with van der Waals surface area (Å²) in [5, 5.41) is 8.36. The Balaban J connectivity index is 1.21. The lowest BCUT2D eigenvalue weighted by Gasteiger charge is -2.34. The van der Waals surface area contributed by atoms with Crippen LogP contribution in [0.5, 0.6) is 5.75 Å². The second-order valence-electron chi connectivity index (χ2n) is 7.33. The van der Waals surface area contributed by atoms with Gasteiger partial charge in [0.2, 0.25) is 11.1 Å². The molecule has 2 N–H and O–H groups in total. The number of carbonyl (C=O) groups is 1. The number of amides is 1. The van der Waals surface area contributed by atoms with E-state index in [0.29, 0.717) is 24.9 Å². The van der Waals surface area contributed by atoms with Crippen LogP contribution >= 0.6 is 11.8 Å². The number of halogens is 1. The fraction of sp³-hybridized carbons (Fsp3) is 0.318. The van der Waals surface area contributed by atoms with E-state index >= 15 is 0 Å². The number of thioether (sulfide) groups is 1. The van der Waals surface area contributed by atoms with Crippen molar-refractivity contribution in [2.24, 2.45) is 0 Å². The molecule has 0 bridgehead atoms. The van der Waals surface area contributed by atoms with Gasteiger partial charge in [0.1, 0.15) is 18.2 Å². The van der Waals surface area contributed by atoms with Crippen molar-refractivity contribution in [1.82, 2.24) is 24.7 Å². The third-order valence-corrected chi connectivity index (χ3v) is 6.18. The molecule has 4 rings (SSSR count). The first kappa shape index (κ1) is 22.1. The molecule has 3 aromatic rings. The number of nitrogens with two attached hydrogens (primary N) is 1. The zero-order valence-electron chi connectivity index (χ0n) is 17.6. The number of rotatable bonds is 8. The lowest BCUT2D eigenvalue weighted by atomic mass is 10.2. The second kappa shape index (κ2) is 10.5. The Bertz CT molecular complexity index is 1040. The van der Waals surface area contributed by atoms with Gasteiger partial charge in [-0.05, 0) is 24.3 Å². The van der Waals surface area contributed by atoms with Gasteiger partial charge in [-0.15, -0.1) is 10.2 Å². The number of carbonyl (C=O) groups excluding carboxylic acids is 1. The van der Waals surface area contributed by atoms with E-state index in [1.165, 1.54) is 22.5 Å². The number of ether oxygens (including phenoxy) is 1. The molecule has 2 aromatic carbocycles. The Morgan fingerprint density at radius 3 is 2.50 bits per heavy atom. The number of piperazine rings is 1. The molecule has 0 radical (unpaired) electrons. The predicted octanol–water partition coefficient (Wildman–Crippen LogP) is 2.11. The van der Waals surface area contributed by atoms with Gasteiger partial charge in [0.05, 0.1) is 11.3 Å². The monoisotopic (exact) mass is 456 g/mol. The molecule has 1 aromatic heterocycles. The number of aromatic nitrogens is 3. The molecule has 0 spiro atoms. The van der Waals surface area contributed by atoms with E-state index in [1.807, 2.05) is 35.2 Å². The van der Waals surface area contributed by atoms with Crippen molar-refractivity contribution in [2.45, 2.75) is 5.16 Å². The smallest absolute Gasteiger partial charge is 0.233 e. The van der Waals surface area contributed by atoms with Gasteiger partial charge in [-0.2, -0.15) is 0 Å². The van der Waals surface area contributed by atoms with Crippen molar-refractivity contribution < 1.29 is 13.9 Å². The standard InChI is InChI=1S/C22H25FN6O2S/c23-19-9-5-4-8-18(19)21-25-26-22(29(21)24)32-16-20(30)28-12-10-27(11-13-28)14-15-31-17-6-2-1-3-7-17/h1-9H,10-16,24H2. The zero-order chi connectivity index (χ0) is 22.3. The van der Waals surface area contributed by atoms with Crippen LogP contribution in [0.2, 0.25) is 0 Å². The van der Waals surface area contributed by atoms with E-state index in [4.69, 9.17) is 10.6 Å². The maximum atomic E-state index is 14.0. The summed E-state index contributed by atoms with van der Waals surface area (Å²) in [5.74, 6) is 6.92. The number of benzene rings is 2. The molecule has 1 aliphatic heterocycles. The van der Waals surface area contributed by atoms with E-state index in [0.717, 1.165) is 25.4 Å². The summed E-state index contributed by atoms with van der Waals surface area (Å²) < 4.78 is 21.0. The molecular weight excluding hydrogens is 431 g/mol. The normalized spacial score (nSPS) is 14.5. The Kier molecular flexibility index (Phi) is 7.23. The van der Waals surface area contributed by atoms with Crippen molar-refractivity contribution in [3.05, 3.63) is 60.4 Å². The van der Waals surface area contributed by atoms with Gasteiger partial charge in [0.15, 0.2) is 5.82 Å². The third kappa shape index (κ3) is 5.38. The molecule has 1 saturated heterocycles. The number of hydrogen-bond acceptors (Lipinski definition) is 7. The third-order valence-electron chi connectivity index (χ3n) is 5.25. The number of nitrogens with zero attached hydrogens (tertiary/aromatic N) is 5. The summed E-state index contributed by atoms with van der Waals surface area (Å²) in [6, 6.07) is 16.0. The lowest BCUT2D eigenvalue weighted by molar-refractivity contribution is -0.130. The summed E-state index contributed by atoms with van der Waals surface area (Å²) in [4.78, 5) is 16.8. The minimum Gasteiger partial charge on any atom is -0.492 e. The first-order chi connectivity index (χ1) is 15.6. The van der Waals surface area contributed by atoms with Gasteiger partial charge in [0.25, 0.3) is 0 Å². The molecule has 0 saturated carbocycles. The second-order valence-corrected chi connectivity index (χ2v) is 8.27. The van der Waals surface area contributed by atoms with Crippen LogP contribution in [0.25, 0.3) is 11.4 Å². The Morgan fingerprint density at radius 2 is 1.75 bits per heavy atom. The molecular formula is C22H25FN6O2S. The highest BCUT2D eigenvalue weighted by atomic mass is 32.2. The van der Waals surface area contributed by atoms with Crippen molar-refractivity contribution in [3.8, 4) is 17.1 Å². The van der Waals surface area contributed by atoms with Crippen LogP contribution in [0.3, 0.4) is 0 Å². The van der Waals surface area contributed by atoms with Crippen LogP contribution < -0.4 is 10.6 Å². The van der Waals surface area contributed by atoms with Crippen molar-refractivity contribution in [1.29, 1.82) is 0 Å². The summed E-state index contributed by atoms with van der Waals surface area (Å²) in [5.41, 5.74) is 0.271. The Morgan fingerprint density at radius 1 is 1.03 bits per heavy atom. The Hall–Kier alpha value is -3.11. The average Bonchev–Trinajstić information content (AvgIpc) is 3.19. The van der Waals surface area contributed by atoms with Crippen molar-refractivity contribution >= 4 is 17.7 Å². The molecule has 0 atom stereocenters. The fourth-order valence-corrected chi connectivity index (χ4v) is 4.21. The van der Waals surface area contributed by atoms with Crippen LogP contribution in [0.1, 0.15) is 0 Å². The summed E-state index contributed by atoms with van der Waals surface area (Å²) >= 11 is 1.20. The highest BCUT2D eigenvalue weighted by Gasteiger charge is 2.22. The molecule has 1 aliphatic rings. The first-order valence-corrected chi connectivity index (χ1v) is 11.4. The predicted molar refractivity (Wildman–Crippen MR) is 121 cm³/mol. The zero-order valence-corrected chi connectivity index (χ0v) is 18.4. The molecule has 1 amide bonds. The van der Waals surface area contributed by atoms with Gasteiger partial charge >= 0.3 is 0 Å². The highest BCUT2D eigenvalue weighted by Crippen LogP contribution is 2.24. The maximum Gasteiger partial charge on any atom is 0.233 e. The molecule has 0 unspecified atom stereocenters. The van der Waals surface area contributed by atoms with Crippen LogP contribution in [-0.2, 0) is 4.79 Å². The van der Waals surface area contributed by atoms with E-state index in [-0.39, 0.29) is 23.0 Å². The number of para-hydroxylation sites is 1. The van der Waals surface area contributed by atoms with Gasteiger partial charge in [-0.3, -0.25) is 9.69 Å². The van der Waals surface area contributed by atoms with E-state index in [1.54, 1.807) is 18.2 Å². The lowest BCUT2D eigenvalue weighted by Crippen LogP contribution is -2.50. The minimum absolute atomic E-state index is 0.0191. The number of nitrogen functional groups attached to an aromatic ring is 1.